The number of imide groups is 1. The molecule has 2 aliphatic rings. The Balaban J connectivity index is 0.00000210. The topological polar surface area (TPSA) is 96.5 Å². The van der Waals surface area contributed by atoms with Crippen LogP contribution in [0.25, 0.3) is 0 Å². The van der Waals surface area contributed by atoms with E-state index in [0.717, 1.165) is 4.90 Å². The Morgan fingerprint density at radius 2 is 1.80 bits per heavy atom. The minimum absolute atomic E-state index is 0.00230. The van der Waals surface area contributed by atoms with Gasteiger partial charge in [0.05, 0.1) is 13.1 Å². The second-order valence-corrected chi connectivity index (χ2v) is 7.67. The van der Waals surface area contributed by atoms with E-state index < -0.39 is 12.2 Å². The molecule has 1 saturated heterocycles. The van der Waals surface area contributed by atoms with Crippen molar-refractivity contribution in [1.29, 1.82) is 0 Å². The van der Waals surface area contributed by atoms with Gasteiger partial charge in [-0.3, -0.25) is 24.2 Å². The van der Waals surface area contributed by atoms with Crippen LogP contribution in [0.3, 0.4) is 0 Å². The Hall–Kier alpha value is -3.46. The lowest BCUT2D eigenvalue weighted by Crippen LogP contribution is -2.39. The zero-order chi connectivity index (χ0) is 26.1. The average molecular weight is 486 g/mol. The van der Waals surface area contributed by atoms with E-state index in [0.29, 0.717) is 35.5 Å². The lowest BCUT2D eigenvalue weighted by atomic mass is 10.1. The van der Waals surface area contributed by atoms with Crippen molar-refractivity contribution in [2.24, 2.45) is 0 Å². The first-order valence-corrected chi connectivity index (χ1v) is 12.0. The predicted octanol–water partition coefficient (Wildman–Crippen LogP) is 3.69. The third-order valence-corrected chi connectivity index (χ3v) is 5.61. The average Bonchev–Trinajstić information content (AvgIpc) is 3.33. The van der Waals surface area contributed by atoms with Gasteiger partial charge in [0.2, 0.25) is 0 Å². The fourth-order valence-corrected chi connectivity index (χ4v) is 4.04. The van der Waals surface area contributed by atoms with Gasteiger partial charge in [-0.15, -0.1) is 0 Å². The maximum absolute atomic E-state index is 12.7. The summed E-state index contributed by atoms with van der Waals surface area (Å²) in [5, 5.41) is 0. The van der Waals surface area contributed by atoms with Gasteiger partial charge < -0.3 is 14.4 Å². The van der Waals surface area contributed by atoms with Crippen molar-refractivity contribution in [3.63, 3.8) is 0 Å². The van der Waals surface area contributed by atoms with Gasteiger partial charge in [-0.1, -0.05) is 32.9 Å². The van der Waals surface area contributed by atoms with Gasteiger partial charge >= 0.3 is 6.09 Å². The van der Waals surface area contributed by atoms with Crippen LogP contribution in [-0.2, 0) is 23.9 Å². The van der Waals surface area contributed by atoms with Crippen molar-refractivity contribution < 1.29 is 28.7 Å². The van der Waals surface area contributed by atoms with Crippen LogP contribution in [0.2, 0.25) is 0 Å². The molecule has 9 nitrogen and oxygen atoms in total. The predicted molar refractivity (Wildman–Crippen MR) is 134 cm³/mol. The lowest BCUT2D eigenvalue weighted by Gasteiger charge is -2.22. The Morgan fingerprint density at radius 1 is 1.14 bits per heavy atom. The van der Waals surface area contributed by atoms with Crippen molar-refractivity contribution >= 4 is 35.2 Å². The van der Waals surface area contributed by atoms with E-state index in [4.69, 9.17) is 9.47 Å². The zero-order valence-corrected chi connectivity index (χ0v) is 21.4. The minimum atomic E-state index is -0.636. The maximum Gasteiger partial charge on any atom is 0.414 e. The van der Waals surface area contributed by atoms with E-state index in [-0.39, 0.29) is 37.4 Å². The number of allylic oxidation sites excluding steroid dienone is 1. The molecule has 0 aliphatic carbocycles. The molecule has 1 atom stereocenters. The molecular formula is C26H35N3O6. The number of benzene rings is 1. The number of amides is 4. The second kappa shape index (κ2) is 12.9. The molecule has 1 aromatic rings. The molecular weight excluding hydrogens is 450 g/mol. The van der Waals surface area contributed by atoms with E-state index in [1.165, 1.54) is 12.0 Å². The maximum atomic E-state index is 12.7. The number of ether oxygens (including phenoxy) is 2. The van der Waals surface area contributed by atoms with Gasteiger partial charge in [-0.25, -0.2) is 4.79 Å². The normalized spacial score (nSPS) is 17.8. The summed E-state index contributed by atoms with van der Waals surface area (Å²) in [7, 11) is 1.47. The molecule has 0 saturated carbocycles. The molecule has 3 rings (SSSR count). The highest BCUT2D eigenvalue weighted by Gasteiger charge is 2.41. The van der Waals surface area contributed by atoms with Gasteiger partial charge in [0.15, 0.2) is 0 Å². The summed E-state index contributed by atoms with van der Waals surface area (Å²) in [5.74, 6) is -0.866. The van der Waals surface area contributed by atoms with Crippen LogP contribution in [0.5, 0.6) is 0 Å². The number of rotatable bonds is 9. The molecule has 1 fully saturated rings. The fourth-order valence-electron chi connectivity index (χ4n) is 4.04. The number of carbonyl (C=O) groups excluding carboxylic acids is 4. The van der Waals surface area contributed by atoms with E-state index in [1.54, 1.807) is 48.2 Å². The summed E-state index contributed by atoms with van der Waals surface area (Å²) in [6, 6.07) is 6.96. The molecule has 1 aromatic carbocycles. The number of nitrogens with zero attached hydrogens (tertiary/aromatic N) is 3. The highest BCUT2D eigenvalue weighted by atomic mass is 16.6. The first-order valence-electron chi connectivity index (χ1n) is 12.0. The van der Waals surface area contributed by atoms with E-state index in [1.807, 2.05) is 27.7 Å². The molecule has 190 valence electrons. The molecule has 2 heterocycles. The van der Waals surface area contributed by atoms with Crippen LogP contribution in [0.1, 0.15) is 41.0 Å². The standard InChI is InChI=1S/C24H29N3O6.C2H6/c1-5-8-20-19(6-2)22(29)27(23(20)30)14-18-13-26(24(31)33-18)17-11-9-16(10-12-17)25(7-3)21(28)15-32-4;1-2/h5,8-12,18H,6-7,13-15H2,1-4H3;1-2H3/b8-5-;. The molecule has 9 heteroatoms. The molecule has 0 radical (unpaired) electrons. The summed E-state index contributed by atoms with van der Waals surface area (Å²) in [6.45, 7) is 10.1. The lowest BCUT2D eigenvalue weighted by molar-refractivity contribution is -0.138. The molecule has 4 amide bonds. The van der Waals surface area contributed by atoms with Crippen molar-refractivity contribution in [2.75, 3.05) is 43.2 Å². The van der Waals surface area contributed by atoms with Crippen LogP contribution in [0, 0.1) is 0 Å². The van der Waals surface area contributed by atoms with Gasteiger partial charge in [0, 0.05) is 36.2 Å². The van der Waals surface area contributed by atoms with E-state index in [9.17, 15) is 19.2 Å². The van der Waals surface area contributed by atoms with Crippen LogP contribution < -0.4 is 9.80 Å². The van der Waals surface area contributed by atoms with Crippen molar-refractivity contribution in [3.05, 3.63) is 47.6 Å². The molecule has 0 spiro atoms. The Morgan fingerprint density at radius 3 is 2.34 bits per heavy atom. The summed E-state index contributed by atoms with van der Waals surface area (Å²) in [4.78, 5) is 54.3. The Kier molecular flexibility index (Phi) is 10.2. The molecule has 1 unspecified atom stereocenters. The largest absolute Gasteiger partial charge is 0.442 e. The zero-order valence-electron chi connectivity index (χ0n) is 21.4. The smallest absolute Gasteiger partial charge is 0.414 e. The number of hydrogen-bond donors (Lipinski definition) is 0. The summed E-state index contributed by atoms with van der Waals surface area (Å²) < 4.78 is 10.4. The Bertz CT molecular complexity index is 999. The SMILES string of the molecule is C/C=C\C1=C(CC)C(=O)N(CC2CN(c3ccc(N(CC)C(=O)COC)cc3)C(=O)O2)C1=O.CC. The highest BCUT2D eigenvalue weighted by Crippen LogP contribution is 2.28. The van der Waals surface area contributed by atoms with Gasteiger partial charge in [0.25, 0.3) is 17.7 Å². The third kappa shape index (κ3) is 5.97. The molecule has 0 aromatic heterocycles. The molecule has 0 bridgehead atoms. The minimum Gasteiger partial charge on any atom is -0.442 e. The van der Waals surface area contributed by atoms with Crippen LogP contribution >= 0.6 is 0 Å². The Labute approximate surface area is 206 Å². The van der Waals surface area contributed by atoms with E-state index >= 15 is 0 Å². The van der Waals surface area contributed by atoms with Crippen molar-refractivity contribution in [3.8, 4) is 0 Å². The van der Waals surface area contributed by atoms with Gasteiger partial charge in [-0.05, 0) is 44.5 Å². The number of methoxy groups -OCH3 is 1. The number of anilines is 2. The van der Waals surface area contributed by atoms with Crippen molar-refractivity contribution in [2.45, 2.75) is 47.1 Å². The third-order valence-electron chi connectivity index (χ3n) is 5.61. The number of likely N-dealkylation sites (N-methyl/N-ethyl adjacent to an activating group) is 1. The number of hydrogen-bond acceptors (Lipinski definition) is 6. The second-order valence-electron chi connectivity index (χ2n) is 7.67. The number of cyclic esters (lactones) is 1. The summed E-state index contributed by atoms with van der Waals surface area (Å²) in [5.41, 5.74) is 2.15. The van der Waals surface area contributed by atoms with Crippen LogP contribution in [-0.4, -0.2) is 68.2 Å². The molecule has 35 heavy (non-hydrogen) atoms. The first kappa shape index (κ1) is 27.8. The highest BCUT2D eigenvalue weighted by molar-refractivity contribution is 6.20. The van der Waals surface area contributed by atoms with Crippen LogP contribution in [0.4, 0.5) is 16.2 Å². The van der Waals surface area contributed by atoms with Crippen molar-refractivity contribution in [1.82, 2.24) is 4.90 Å². The fraction of sp³-hybridized carbons (Fsp3) is 0.462. The van der Waals surface area contributed by atoms with E-state index in [2.05, 4.69) is 0 Å². The molecule has 2 aliphatic heterocycles. The quantitative estimate of drug-likeness (QED) is 0.495. The van der Waals surface area contributed by atoms with Gasteiger partial charge in [0.1, 0.15) is 12.7 Å². The summed E-state index contributed by atoms with van der Waals surface area (Å²) >= 11 is 0. The van der Waals surface area contributed by atoms with Crippen LogP contribution in [0.15, 0.2) is 47.6 Å². The molecule has 0 N–H and O–H groups in total. The van der Waals surface area contributed by atoms with Gasteiger partial charge in [-0.2, -0.15) is 0 Å². The first-order chi connectivity index (χ1) is 16.9. The number of carbonyl (C=O) groups is 4. The summed E-state index contributed by atoms with van der Waals surface area (Å²) in [6.07, 6.45) is 2.63. The monoisotopic (exact) mass is 485 g/mol.